The molecule has 0 aromatic carbocycles. The van der Waals surface area contributed by atoms with Gasteiger partial charge in [-0.05, 0) is 39.8 Å². The first-order chi connectivity index (χ1) is 8.45. The summed E-state index contributed by atoms with van der Waals surface area (Å²) in [5, 5.41) is 0. The zero-order valence-electron chi connectivity index (χ0n) is 12.2. The molecule has 1 unspecified atom stereocenters. The topological polar surface area (TPSA) is 54.0 Å². The van der Waals surface area contributed by atoms with Crippen molar-refractivity contribution < 1.29 is 22.5 Å². The summed E-state index contributed by atoms with van der Waals surface area (Å²) in [6.45, 7) is 9.47. The Balaban J connectivity index is 4.23. The Kier molecular flexibility index (Phi) is 9.38. The van der Waals surface area contributed by atoms with Crippen LogP contribution >= 0.6 is 7.60 Å². The highest BCUT2D eigenvalue weighted by atomic mass is 31.2. The quantitative estimate of drug-likeness (QED) is 0.432. The Morgan fingerprint density at radius 3 is 2.00 bits per heavy atom. The molecule has 5 nitrogen and oxygen atoms in total. The molecular formula is C11H27O5PSi. The third-order valence-corrected chi connectivity index (χ3v) is 7.70. The monoisotopic (exact) mass is 298 g/mol. The molecule has 0 saturated carbocycles. The molecule has 7 heteroatoms. The summed E-state index contributed by atoms with van der Waals surface area (Å²) in [6, 6.07) is 0.801. The summed E-state index contributed by atoms with van der Waals surface area (Å²) in [5.74, 6) is 0. The molecule has 0 fully saturated rings. The molecule has 0 heterocycles. The molecular weight excluding hydrogens is 271 g/mol. The van der Waals surface area contributed by atoms with Crippen LogP contribution in [0, 0.1) is 0 Å². The molecule has 0 saturated heterocycles. The van der Waals surface area contributed by atoms with Crippen molar-refractivity contribution in [2.45, 2.75) is 39.8 Å². The van der Waals surface area contributed by atoms with Gasteiger partial charge in [-0.2, -0.15) is 0 Å². The molecule has 0 aliphatic heterocycles. The number of hydrogen-bond acceptors (Lipinski definition) is 5. The highest BCUT2D eigenvalue weighted by Crippen LogP contribution is 2.48. The van der Waals surface area contributed by atoms with Crippen LogP contribution < -0.4 is 0 Å². The van der Waals surface area contributed by atoms with Crippen molar-refractivity contribution in [3.63, 3.8) is 0 Å². The van der Waals surface area contributed by atoms with Crippen molar-refractivity contribution >= 4 is 16.2 Å². The maximum absolute atomic E-state index is 12.1. The SMILES string of the molecule is CCO[Si](C)(CCCP(=O)(OC)OCC)OCC. The van der Waals surface area contributed by atoms with Crippen molar-refractivity contribution in [3.8, 4) is 0 Å². The van der Waals surface area contributed by atoms with Crippen molar-refractivity contribution in [2.24, 2.45) is 0 Å². The maximum atomic E-state index is 12.1. The summed E-state index contributed by atoms with van der Waals surface area (Å²) >= 11 is 0. The van der Waals surface area contributed by atoms with Crippen LogP contribution in [0.1, 0.15) is 27.2 Å². The first kappa shape index (κ1) is 18.3. The lowest BCUT2D eigenvalue weighted by Crippen LogP contribution is -2.38. The molecule has 0 bridgehead atoms. The van der Waals surface area contributed by atoms with E-state index in [1.165, 1.54) is 7.11 Å². The van der Waals surface area contributed by atoms with Crippen LogP contribution in [0.3, 0.4) is 0 Å². The minimum atomic E-state index is -2.91. The van der Waals surface area contributed by atoms with Crippen LogP contribution in [-0.2, 0) is 22.5 Å². The molecule has 0 aromatic heterocycles. The average Bonchev–Trinajstić information content (AvgIpc) is 2.30. The maximum Gasteiger partial charge on any atom is 0.334 e. The largest absolute Gasteiger partial charge is 0.395 e. The third-order valence-electron chi connectivity index (χ3n) is 2.57. The van der Waals surface area contributed by atoms with Gasteiger partial charge in [-0.1, -0.05) is 0 Å². The molecule has 1 atom stereocenters. The van der Waals surface area contributed by atoms with Gasteiger partial charge < -0.3 is 17.9 Å². The van der Waals surface area contributed by atoms with E-state index in [1.54, 1.807) is 0 Å². The zero-order chi connectivity index (χ0) is 14.1. The van der Waals surface area contributed by atoms with E-state index in [4.69, 9.17) is 17.9 Å². The Labute approximate surface area is 112 Å². The van der Waals surface area contributed by atoms with E-state index in [0.29, 0.717) is 26.0 Å². The zero-order valence-corrected chi connectivity index (χ0v) is 14.1. The Bertz CT molecular complexity index is 256. The fourth-order valence-corrected chi connectivity index (χ4v) is 5.86. The second-order valence-corrected chi connectivity index (χ2v) is 9.68. The van der Waals surface area contributed by atoms with E-state index in [1.807, 2.05) is 27.3 Å². The van der Waals surface area contributed by atoms with Crippen LogP contribution in [0.25, 0.3) is 0 Å². The normalized spacial score (nSPS) is 15.6. The second kappa shape index (κ2) is 9.23. The van der Waals surface area contributed by atoms with Crippen LogP contribution in [0.15, 0.2) is 0 Å². The summed E-state index contributed by atoms with van der Waals surface area (Å²) in [6.07, 6.45) is 1.15. The van der Waals surface area contributed by atoms with Crippen LogP contribution in [0.5, 0.6) is 0 Å². The Morgan fingerprint density at radius 1 is 1.06 bits per heavy atom. The molecule has 0 spiro atoms. The van der Waals surface area contributed by atoms with E-state index in [0.717, 1.165) is 12.5 Å². The standard InChI is InChI=1S/C11H27O5PSi/c1-6-14-17(12,13-4)10-9-11-18(5,15-7-2)16-8-3/h6-11H2,1-5H3. The molecule has 0 aromatic rings. The van der Waals surface area contributed by atoms with Gasteiger partial charge in [0.15, 0.2) is 0 Å². The molecule has 18 heavy (non-hydrogen) atoms. The van der Waals surface area contributed by atoms with E-state index in [2.05, 4.69) is 0 Å². The minimum absolute atomic E-state index is 0.400. The summed E-state index contributed by atoms with van der Waals surface area (Å²) in [4.78, 5) is 0. The number of hydrogen-bond donors (Lipinski definition) is 0. The van der Waals surface area contributed by atoms with E-state index < -0.39 is 16.2 Å². The predicted molar refractivity (Wildman–Crippen MR) is 75.4 cm³/mol. The Hall–Kier alpha value is 0.287. The van der Waals surface area contributed by atoms with Crippen molar-refractivity contribution in [2.75, 3.05) is 33.1 Å². The molecule has 110 valence electrons. The van der Waals surface area contributed by atoms with Crippen LogP contribution in [0.4, 0.5) is 0 Å². The van der Waals surface area contributed by atoms with Gasteiger partial charge >= 0.3 is 16.2 Å². The smallest absolute Gasteiger partial charge is 0.334 e. The number of rotatable bonds is 11. The molecule has 0 rings (SSSR count). The molecule has 0 radical (unpaired) electrons. The van der Waals surface area contributed by atoms with E-state index in [-0.39, 0.29) is 0 Å². The van der Waals surface area contributed by atoms with Gasteiger partial charge in [0, 0.05) is 20.3 Å². The highest BCUT2D eigenvalue weighted by molar-refractivity contribution is 7.53. The van der Waals surface area contributed by atoms with Gasteiger partial charge in [0.1, 0.15) is 0 Å². The average molecular weight is 298 g/mol. The van der Waals surface area contributed by atoms with Crippen LogP contribution in [-0.4, -0.2) is 41.7 Å². The van der Waals surface area contributed by atoms with E-state index >= 15 is 0 Å². The van der Waals surface area contributed by atoms with Crippen molar-refractivity contribution in [1.82, 2.24) is 0 Å². The summed E-state index contributed by atoms with van der Waals surface area (Å²) < 4.78 is 33.7. The minimum Gasteiger partial charge on any atom is -0.395 e. The predicted octanol–water partition coefficient (Wildman–Crippen LogP) is 3.40. The lowest BCUT2D eigenvalue weighted by Gasteiger charge is -2.26. The Morgan fingerprint density at radius 2 is 1.61 bits per heavy atom. The van der Waals surface area contributed by atoms with Crippen molar-refractivity contribution in [3.05, 3.63) is 0 Å². The first-order valence-corrected chi connectivity index (χ1v) is 10.8. The summed E-state index contributed by atoms with van der Waals surface area (Å²) in [5.41, 5.74) is 0. The fourth-order valence-electron chi connectivity index (χ4n) is 1.80. The van der Waals surface area contributed by atoms with E-state index in [9.17, 15) is 4.57 Å². The van der Waals surface area contributed by atoms with Gasteiger partial charge in [-0.25, -0.2) is 0 Å². The van der Waals surface area contributed by atoms with Gasteiger partial charge in [0.2, 0.25) is 0 Å². The molecule has 0 aliphatic carbocycles. The molecule has 0 aliphatic rings. The van der Waals surface area contributed by atoms with Gasteiger partial charge in [0.05, 0.1) is 12.8 Å². The fraction of sp³-hybridized carbons (Fsp3) is 1.00. The van der Waals surface area contributed by atoms with Gasteiger partial charge in [-0.15, -0.1) is 0 Å². The van der Waals surface area contributed by atoms with Gasteiger partial charge in [0.25, 0.3) is 0 Å². The third kappa shape index (κ3) is 7.02. The molecule has 0 N–H and O–H groups in total. The van der Waals surface area contributed by atoms with Crippen molar-refractivity contribution in [1.29, 1.82) is 0 Å². The van der Waals surface area contributed by atoms with Gasteiger partial charge in [-0.3, -0.25) is 4.57 Å². The lowest BCUT2D eigenvalue weighted by molar-refractivity contribution is 0.188. The molecule has 0 amide bonds. The lowest BCUT2D eigenvalue weighted by atomic mass is 10.6. The van der Waals surface area contributed by atoms with Crippen LogP contribution in [0.2, 0.25) is 12.6 Å². The second-order valence-electron chi connectivity index (χ2n) is 4.04. The highest BCUT2D eigenvalue weighted by Gasteiger charge is 2.32. The summed E-state index contributed by atoms with van der Waals surface area (Å²) in [7, 11) is -3.60. The first-order valence-electron chi connectivity index (χ1n) is 6.52.